The summed E-state index contributed by atoms with van der Waals surface area (Å²) in [5, 5.41) is 6.75. The fourth-order valence-electron chi connectivity index (χ4n) is 3.18. The van der Waals surface area contributed by atoms with Gasteiger partial charge < -0.3 is 25.0 Å². The first-order chi connectivity index (χ1) is 12.6. The summed E-state index contributed by atoms with van der Waals surface area (Å²) in [6, 6.07) is 7.70. The molecule has 0 saturated carbocycles. The van der Waals surface area contributed by atoms with Crippen molar-refractivity contribution in [1.29, 1.82) is 0 Å². The molecule has 0 spiro atoms. The van der Waals surface area contributed by atoms with Gasteiger partial charge in [0.2, 0.25) is 0 Å². The monoisotopic (exact) mass is 490 g/mol. The Kier molecular flexibility index (Phi) is 11.5. The SMILES string of the molecule is CN=C(NCC(C)CN1CCCC1)NCC(C)Oc1ccccc1OC.I. The predicted molar refractivity (Wildman–Crippen MR) is 123 cm³/mol. The highest BCUT2D eigenvalue weighted by Crippen LogP contribution is 2.26. The number of likely N-dealkylation sites (tertiary alicyclic amines) is 1. The molecule has 0 aromatic heterocycles. The van der Waals surface area contributed by atoms with Gasteiger partial charge in [0, 0.05) is 20.1 Å². The van der Waals surface area contributed by atoms with Crippen molar-refractivity contribution in [3.05, 3.63) is 24.3 Å². The van der Waals surface area contributed by atoms with Gasteiger partial charge in [-0.25, -0.2) is 0 Å². The Morgan fingerprint density at radius 2 is 1.74 bits per heavy atom. The molecular formula is C20H35IN4O2. The lowest BCUT2D eigenvalue weighted by Gasteiger charge is -2.22. The molecule has 0 bridgehead atoms. The Balaban J connectivity index is 0.00000364. The molecule has 1 aromatic rings. The van der Waals surface area contributed by atoms with Gasteiger partial charge in [0.05, 0.1) is 13.7 Å². The molecule has 7 heteroatoms. The molecule has 2 unspecified atom stereocenters. The molecule has 0 amide bonds. The van der Waals surface area contributed by atoms with Crippen LogP contribution in [0.4, 0.5) is 0 Å². The molecule has 1 aromatic carbocycles. The van der Waals surface area contributed by atoms with Gasteiger partial charge in [0.25, 0.3) is 0 Å². The van der Waals surface area contributed by atoms with Crippen LogP contribution in [0, 0.1) is 5.92 Å². The van der Waals surface area contributed by atoms with Gasteiger partial charge >= 0.3 is 0 Å². The van der Waals surface area contributed by atoms with E-state index in [1.165, 1.54) is 25.9 Å². The summed E-state index contributed by atoms with van der Waals surface area (Å²) < 4.78 is 11.3. The predicted octanol–water partition coefficient (Wildman–Crippen LogP) is 2.98. The number of aliphatic imine (C=N–C) groups is 1. The summed E-state index contributed by atoms with van der Waals surface area (Å²) in [5.41, 5.74) is 0. The Bertz CT molecular complexity index is 565. The number of hydrogen-bond acceptors (Lipinski definition) is 4. The van der Waals surface area contributed by atoms with Crippen LogP contribution in [0.1, 0.15) is 26.7 Å². The number of methoxy groups -OCH3 is 1. The van der Waals surface area contributed by atoms with Crippen LogP contribution in [0.2, 0.25) is 0 Å². The van der Waals surface area contributed by atoms with Gasteiger partial charge in [-0.05, 0) is 50.9 Å². The standard InChI is InChI=1S/C20H34N4O2.HI/c1-16(15-24-11-7-8-12-24)13-22-20(21-3)23-14-17(2)26-19-10-6-5-9-18(19)25-4;/h5-6,9-10,16-17H,7-8,11-15H2,1-4H3,(H2,21,22,23);1H. The Hall–Kier alpha value is -1.22. The highest BCUT2D eigenvalue weighted by Gasteiger charge is 2.15. The summed E-state index contributed by atoms with van der Waals surface area (Å²) in [7, 11) is 3.45. The third-order valence-corrected chi connectivity index (χ3v) is 4.56. The summed E-state index contributed by atoms with van der Waals surface area (Å²) in [4.78, 5) is 6.85. The van der Waals surface area contributed by atoms with E-state index < -0.39 is 0 Å². The smallest absolute Gasteiger partial charge is 0.191 e. The second-order valence-corrected chi connectivity index (χ2v) is 7.03. The second kappa shape index (κ2) is 13.0. The number of rotatable bonds is 9. The number of nitrogens with one attached hydrogen (secondary N) is 2. The molecule has 1 heterocycles. The first-order valence-electron chi connectivity index (χ1n) is 9.59. The van der Waals surface area contributed by atoms with Crippen molar-refractivity contribution in [3.63, 3.8) is 0 Å². The fourth-order valence-corrected chi connectivity index (χ4v) is 3.18. The molecule has 6 nitrogen and oxygen atoms in total. The molecule has 2 rings (SSSR count). The molecule has 1 aliphatic heterocycles. The van der Waals surface area contributed by atoms with E-state index in [2.05, 4.69) is 27.4 Å². The molecule has 1 fully saturated rings. The molecular weight excluding hydrogens is 455 g/mol. The minimum atomic E-state index is -0.00752. The van der Waals surface area contributed by atoms with E-state index in [1.807, 2.05) is 31.2 Å². The second-order valence-electron chi connectivity index (χ2n) is 7.03. The topological polar surface area (TPSA) is 58.1 Å². The van der Waals surface area contributed by atoms with Crippen LogP contribution in [0.15, 0.2) is 29.3 Å². The number of nitrogens with zero attached hydrogens (tertiary/aromatic N) is 2. The summed E-state index contributed by atoms with van der Waals surface area (Å²) in [5.74, 6) is 2.91. The van der Waals surface area contributed by atoms with Crippen LogP contribution in [0.5, 0.6) is 11.5 Å². The van der Waals surface area contributed by atoms with Crippen LogP contribution < -0.4 is 20.1 Å². The lowest BCUT2D eigenvalue weighted by atomic mass is 10.1. The van der Waals surface area contributed by atoms with E-state index in [0.29, 0.717) is 12.5 Å². The van der Waals surface area contributed by atoms with E-state index >= 15 is 0 Å². The van der Waals surface area contributed by atoms with Crippen molar-refractivity contribution >= 4 is 29.9 Å². The van der Waals surface area contributed by atoms with Crippen LogP contribution in [0.25, 0.3) is 0 Å². The maximum atomic E-state index is 5.97. The number of halogens is 1. The highest BCUT2D eigenvalue weighted by atomic mass is 127. The number of benzene rings is 1. The number of guanidine groups is 1. The van der Waals surface area contributed by atoms with Crippen LogP contribution >= 0.6 is 24.0 Å². The van der Waals surface area contributed by atoms with Crippen LogP contribution in [-0.2, 0) is 0 Å². The van der Waals surface area contributed by atoms with Crippen molar-refractivity contribution in [2.45, 2.75) is 32.8 Å². The fraction of sp³-hybridized carbons (Fsp3) is 0.650. The van der Waals surface area contributed by atoms with Crippen molar-refractivity contribution in [2.24, 2.45) is 10.9 Å². The van der Waals surface area contributed by atoms with Gasteiger partial charge in [0.1, 0.15) is 6.10 Å². The number of ether oxygens (including phenoxy) is 2. The normalized spacial score (nSPS) is 17.0. The third kappa shape index (κ3) is 8.55. The molecule has 1 saturated heterocycles. The lowest BCUT2D eigenvalue weighted by Crippen LogP contribution is -2.44. The molecule has 154 valence electrons. The number of para-hydroxylation sites is 2. The van der Waals surface area contributed by atoms with Gasteiger partial charge in [-0.1, -0.05) is 19.1 Å². The zero-order valence-electron chi connectivity index (χ0n) is 17.0. The summed E-state index contributed by atoms with van der Waals surface area (Å²) >= 11 is 0. The Labute approximate surface area is 181 Å². The van der Waals surface area contributed by atoms with Crippen LogP contribution in [-0.4, -0.2) is 63.8 Å². The van der Waals surface area contributed by atoms with Gasteiger partial charge in [-0.3, -0.25) is 4.99 Å². The molecule has 0 radical (unpaired) electrons. The Morgan fingerprint density at radius 1 is 1.11 bits per heavy atom. The molecule has 0 aliphatic carbocycles. The first kappa shape index (κ1) is 23.8. The summed E-state index contributed by atoms with van der Waals surface area (Å²) in [6.07, 6.45) is 2.67. The van der Waals surface area contributed by atoms with Crippen LogP contribution in [0.3, 0.4) is 0 Å². The molecule has 2 N–H and O–H groups in total. The molecule has 2 atom stereocenters. The maximum Gasteiger partial charge on any atom is 0.191 e. The molecule has 27 heavy (non-hydrogen) atoms. The minimum absolute atomic E-state index is 0. The average Bonchev–Trinajstić information content (AvgIpc) is 3.15. The quantitative estimate of drug-likeness (QED) is 0.317. The van der Waals surface area contributed by atoms with E-state index in [-0.39, 0.29) is 30.1 Å². The third-order valence-electron chi connectivity index (χ3n) is 4.56. The van der Waals surface area contributed by atoms with E-state index in [1.54, 1.807) is 14.2 Å². The molecule has 1 aliphatic rings. The number of hydrogen-bond donors (Lipinski definition) is 2. The van der Waals surface area contributed by atoms with E-state index in [9.17, 15) is 0 Å². The Morgan fingerprint density at radius 3 is 2.37 bits per heavy atom. The largest absolute Gasteiger partial charge is 0.493 e. The van der Waals surface area contributed by atoms with Crippen molar-refractivity contribution in [1.82, 2.24) is 15.5 Å². The van der Waals surface area contributed by atoms with Gasteiger partial charge in [-0.2, -0.15) is 0 Å². The minimum Gasteiger partial charge on any atom is -0.493 e. The van der Waals surface area contributed by atoms with Crippen molar-refractivity contribution < 1.29 is 9.47 Å². The average molecular weight is 490 g/mol. The zero-order valence-corrected chi connectivity index (χ0v) is 19.4. The highest BCUT2D eigenvalue weighted by molar-refractivity contribution is 14.0. The van der Waals surface area contributed by atoms with E-state index in [0.717, 1.165) is 30.5 Å². The summed E-state index contributed by atoms with van der Waals surface area (Å²) in [6.45, 7) is 9.53. The van der Waals surface area contributed by atoms with Gasteiger partial charge in [0.15, 0.2) is 17.5 Å². The first-order valence-corrected chi connectivity index (χ1v) is 9.59. The van der Waals surface area contributed by atoms with Crippen molar-refractivity contribution in [2.75, 3.05) is 46.9 Å². The van der Waals surface area contributed by atoms with Gasteiger partial charge in [-0.15, -0.1) is 24.0 Å². The maximum absolute atomic E-state index is 5.97. The zero-order chi connectivity index (χ0) is 18.8. The lowest BCUT2D eigenvalue weighted by molar-refractivity contribution is 0.213. The van der Waals surface area contributed by atoms with E-state index in [4.69, 9.17) is 9.47 Å². The van der Waals surface area contributed by atoms with Crippen molar-refractivity contribution in [3.8, 4) is 11.5 Å².